The normalized spacial score (nSPS) is 16.9. The summed E-state index contributed by atoms with van der Waals surface area (Å²) >= 11 is 0. The molecule has 0 unspecified atom stereocenters. The van der Waals surface area contributed by atoms with Crippen LogP contribution in [0, 0.1) is 0 Å². The molecule has 1 aliphatic carbocycles. The van der Waals surface area contributed by atoms with Crippen molar-refractivity contribution in [2.24, 2.45) is 7.05 Å². The highest BCUT2D eigenvalue weighted by atomic mass is 16.5. The van der Waals surface area contributed by atoms with Gasteiger partial charge in [-0.15, -0.1) is 0 Å². The lowest BCUT2D eigenvalue weighted by Gasteiger charge is -2.22. The zero-order valence-electron chi connectivity index (χ0n) is 18.7. The molecule has 0 amide bonds. The van der Waals surface area contributed by atoms with Crippen LogP contribution in [0.2, 0.25) is 0 Å². The zero-order valence-corrected chi connectivity index (χ0v) is 18.7. The fourth-order valence-electron chi connectivity index (χ4n) is 4.81. The molecule has 0 bridgehead atoms. The molecule has 2 aromatic heterocycles. The first-order chi connectivity index (χ1) is 16.2. The van der Waals surface area contributed by atoms with Crippen LogP contribution < -0.4 is 10.3 Å². The lowest BCUT2D eigenvalue weighted by Crippen LogP contribution is -2.17. The Balaban J connectivity index is 1.58. The third-order valence-electron chi connectivity index (χ3n) is 6.70. The Morgan fingerprint density at radius 3 is 2.48 bits per heavy atom. The van der Waals surface area contributed by atoms with Crippen LogP contribution in [0.25, 0.3) is 22.2 Å². The van der Waals surface area contributed by atoms with Gasteiger partial charge in [-0.05, 0) is 56.0 Å². The summed E-state index contributed by atoms with van der Waals surface area (Å²) < 4.78 is 16.2. The van der Waals surface area contributed by atoms with E-state index in [4.69, 9.17) is 14.5 Å². The van der Waals surface area contributed by atoms with Crippen LogP contribution in [0.5, 0.6) is 11.5 Å². The number of ether oxygens (including phenoxy) is 2. The summed E-state index contributed by atoms with van der Waals surface area (Å²) in [6.45, 7) is 1.57. The van der Waals surface area contributed by atoms with Crippen LogP contribution in [0.3, 0.4) is 0 Å². The quantitative estimate of drug-likeness (QED) is 0.415. The molecule has 6 nitrogen and oxygen atoms in total. The fourth-order valence-corrected chi connectivity index (χ4v) is 4.81. The second-order valence-corrected chi connectivity index (χ2v) is 9.05. The molecule has 2 aliphatic rings. The summed E-state index contributed by atoms with van der Waals surface area (Å²) in [5.41, 5.74) is 3.83. The summed E-state index contributed by atoms with van der Waals surface area (Å²) in [5, 5.41) is 0. The van der Waals surface area contributed by atoms with E-state index in [1.807, 2.05) is 42.6 Å². The lowest BCUT2D eigenvalue weighted by molar-refractivity contribution is 0.0829. The minimum atomic E-state index is -0.0369. The number of aryl methyl sites for hydroxylation is 1. The van der Waals surface area contributed by atoms with Crippen LogP contribution in [0.1, 0.15) is 43.5 Å². The number of hydrogen-bond donors (Lipinski definition) is 0. The number of rotatable bonds is 5. The van der Waals surface area contributed by atoms with Gasteiger partial charge in [0.1, 0.15) is 17.1 Å². The molecule has 0 atom stereocenters. The van der Waals surface area contributed by atoms with Gasteiger partial charge >= 0.3 is 0 Å². The third-order valence-corrected chi connectivity index (χ3v) is 6.70. The molecule has 33 heavy (non-hydrogen) atoms. The minimum absolute atomic E-state index is 0.0369. The van der Waals surface area contributed by atoms with Gasteiger partial charge in [0.05, 0.1) is 5.52 Å². The van der Waals surface area contributed by atoms with Crippen LogP contribution in [0.4, 0.5) is 0 Å². The number of hydrogen-bond acceptors (Lipinski definition) is 4. The van der Waals surface area contributed by atoms with Crippen molar-refractivity contribution < 1.29 is 9.47 Å². The van der Waals surface area contributed by atoms with Gasteiger partial charge in [0.15, 0.2) is 5.75 Å². The second-order valence-electron chi connectivity index (χ2n) is 9.05. The summed E-state index contributed by atoms with van der Waals surface area (Å²) in [5.74, 6) is 3.07. The molecule has 1 aliphatic heterocycles. The summed E-state index contributed by atoms with van der Waals surface area (Å²) in [4.78, 5) is 17.2. The van der Waals surface area contributed by atoms with Crippen molar-refractivity contribution in [3.63, 3.8) is 0 Å². The van der Waals surface area contributed by atoms with Crippen LogP contribution >= 0.6 is 0 Å². The molecule has 6 rings (SSSR count). The molecule has 0 radical (unpaired) electrons. The summed E-state index contributed by atoms with van der Waals surface area (Å²) in [6.07, 6.45) is 6.24. The van der Waals surface area contributed by atoms with Crippen molar-refractivity contribution in [1.29, 1.82) is 0 Å². The average Bonchev–Trinajstić information content (AvgIpc) is 3.61. The van der Waals surface area contributed by atoms with E-state index in [0.717, 1.165) is 65.5 Å². The number of pyridine rings is 1. The third kappa shape index (κ3) is 3.74. The largest absolute Gasteiger partial charge is 0.454 e. The Bertz CT molecular complexity index is 1360. The van der Waals surface area contributed by atoms with Crippen LogP contribution in [-0.4, -0.2) is 27.3 Å². The molecular weight excluding hydrogens is 414 g/mol. The van der Waals surface area contributed by atoms with Gasteiger partial charge in [-0.1, -0.05) is 18.2 Å². The number of aromatic nitrogens is 3. The molecule has 2 aromatic carbocycles. The first kappa shape index (κ1) is 20.2. The molecule has 168 valence electrons. The summed E-state index contributed by atoms with van der Waals surface area (Å²) in [6, 6.07) is 18.1. The van der Waals surface area contributed by atoms with Crippen molar-refractivity contribution in [3.05, 3.63) is 77.0 Å². The molecule has 6 heteroatoms. The Labute approximate surface area is 192 Å². The average molecular weight is 442 g/mol. The second kappa shape index (κ2) is 8.19. The lowest BCUT2D eigenvalue weighted by atomic mass is 9.99. The Hall–Kier alpha value is -3.38. The standard InChI is InChI=1S/C27H27N3O3/c1-29-17-19(7-12-24(29)31)22-10-11-23-25(26(22)33-21-5-3-2-4-6-21)28-27(30(23)20-8-9-20)18-13-15-32-16-14-18/h2-7,10-12,17-18,20H,8-9,13-16H2,1H3. The van der Waals surface area contributed by atoms with E-state index in [1.54, 1.807) is 17.7 Å². The zero-order chi connectivity index (χ0) is 22.4. The number of fused-ring (bicyclic) bond motifs is 1. The highest BCUT2D eigenvalue weighted by molar-refractivity contribution is 5.91. The van der Waals surface area contributed by atoms with Gasteiger partial charge in [-0.3, -0.25) is 4.79 Å². The maximum Gasteiger partial charge on any atom is 0.250 e. The Morgan fingerprint density at radius 1 is 0.970 bits per heavy atom. The fraction of sp³-hybridized carbons (Fsp3) is 0.333. The van der Waals surface area contributed by atoms with E-state index < -0.39 is 0 Å². The SMILES string of the molecule is Cn1cc(-c2ccc3c(nc(C4CCOCC4)n3C3CC3)c2Oc2ccccc2)ccc1=O. The number of benzene rings is 2. The van der Waals surface area contributed by atoms with Gasteiger partial charge in [-0.25, -0.2) is 4.98 Å². The van der Waals surface area contributed by atoms with Crippen molar-refractivity contribution >= 4 is 11.0 Å². The van der Waals surface area contributed by atoms with Crippen molar-refractivity contribution in [3.8, 4) is 22.6 Å². The van der Waals surface area contributed by atoms with Crippen molar-refractivity contribution in [2.45, 2.75) is 37.6 Å². The van der Waals surface area contributed by atoms with E-state index in [1.165, 1.54) is 12.8 Å². The van der Waals surface area contributed by atoms with Gasteiger partial charge < -0.3 is 18.6 Å². The smallest absolute Gasteiger partial charge is 0.250 e. The first-order valence-corrected chi connectivity index (χ1v) is 11.7. The molecule has 0 N–H and O–H groups in total. The van der Waals surface area contributed by atoms with Crippen LogP contribution in [-0.2, 0) is 11.8 Å². The molecule has 0 spiro atoms. The van der Waals surface area contributed by atoms with E-state index in [0.29, 0.717) is 12.0 Å². The van der Waals surface area contributed by atoms with E-state index in [-0.39, 0.29) is 5.56 Å². The van der Waals surface area contributed by atoms with E-state index in [2.05, 4.69) is 16.7 Å². The van der Waals surface area contributed by atoms with Gasteiger partial charge in [0.2, 0.25) is 5.56 Å². The van der Waals surface area contributed by atoms with Crippen LogP contribution in [0.15, 0.2) is 65.6 Å². The number of para-hydroxylation sites is 1. The van der Waals surface area contributed by atoms with Crippen molar-refractivity contribution in [2.75, 3.05) is 13.2 Å². The monoisotopic (exact) mass is 441 g/mol. The van der Waals surface area contributed by atoms with E-state index in [9.17, 15) is 4.79 Å². The summed E-state index contributed by atoms with van der Waals surface area (Å²) in [7, 11) is 1.77. The Morgan fingerprint density at radius 2 is 1.76 bits per heavy atom. The van der Waals surface area contributed by atoms with Gasteiger partial charge in [0, 0.05) is 55.6 Å². The maximum atomic E-state index is 12.0. The molecule has 4 aromatic rings. The van der Waals surface area contributed by atoms with Gasteiger partial charge in [0.25, 0.3) is 0 Å². The minimum Gasteiger partial charge on any atom is -0.454 e. The molecular formula is C27H27N3O3. The predicted molar refractivity (Wildman–Crippen MR) is 128 cm³/mol. The molecule has 1 saturated carbocycles. The predicted octanol–water partition coefficient (Wildman–Crippen LogP) is 5.42. The van der Waals surface area contributed by atoms with E-state index >= 15 is 0 Å². The maximum absolute atomic E-state index is 12.0. The highest BCUT2D eigenvalue weighted by Gasteiger charge is 2.33. The first-order valence-electron chi connectivity index (χ1n) is 11.7. The molecule has 1 saturated heterocycles. The molecule has 3 heterocycles. The topological polar surface area (TPSA) is 58.3 Å². The molecule has 2 fully saturated rings. The van der Waals surface area contributed by atoms with Gasteiger partial charge in [-0.2, -0.15) is 0 Å². The Kier molecular flexibility index (Phi) is 5.03. The highest BCUT2D eigenvalue weighted by Crippen LogP contribution is 2.46. The van der Waals surface area contributed by atoms with Crippen molar-refractivity contribution in [1.82, 2.24) is 14.1 Å². The number of nitrogens with zero attached hydrogens (tertiary/aromatic N) is 3. The number of imidazole rings is 1.